The van der Waals surface area contributed by atoms with E-state index in [0.29, 0.717) is 16.3 Å². The van der Waals surface area contributed by atoms with Gasteiger partial charge in [0.2, 0.25) is 15.0 Å². The molecule has 0 fully saturated rings. The predicted molar refractivity (Wildman–Crippen MR) is 114 cm³/mol. The smallest absolute Gasteiger partial charge is 0.275 e. The maximum atomic E-state index is 12.7. The van der Waals surface area contributed by atoms with Gasteiger partial charge in [0.05, 0.1) is 27.0 Å². The molecule has 0 spiro atoms. The molecule has 29 heavy (non-hydrogen) atoms. The Morgan fingerprint density at radius 3 is 2.45 bits per heavy atom. The third-order valence-electron chi connectivity index (χ3n) is 4.00. The van der Waals surface area contributed by atoms with Crippen molar-refractivity contribution in [2.75, 3.05) is 5.32 Å². The summed E-state index contributed by atoms with van der Waals surface area (Å²) in [6.07, 6.45) is 1.09. The third kappa shape index (κ3) is 5.05. The summed E-state index contributed by atoms with van der Waals surface area (Å²) in [5.41, 5.74) is 1.52. The first-order chi connectivity index (χ1) is 13.7. The van der Waals surface area contributed by atoms with Crippen LogP contribution < -0.4 is 5.32 Å². The van der Waals surface area contributed by atoms with Crippen LogP contribution in [0.25, 0.3) is 0 Å². The highest BCUT2D eigenvalue weighted by Crippen LogP contribution is 2.26. The van der Waals surface area contributed by atoms with Crippen LogP contribution >= 0.6 is 34.8 Å². The molecule has 0 aliphatic heterocycles. The zero-order valence-electron chi connectivity index (χ0n) is 15.0. The largest absolute Gasteiger partial charge is 0.321 e. The lowest BCUT2D eigenvalue weighted by Crippen LogP contribution is -2.18. The number of benzene rings is 2. The number of carbonyl (C=O) groups excluding carboxylic acids is 1. The molecule has 1 amide bonds. The van der Waals surface area contributed by atoms with Crippen LogP contribution in [0.5, 0.6) is 0 Å². The minimum absolute atomic E-state index is 0.0857. The highest BCUT2D eigenvalue weighted by molar-refractivity contribution is 7.90. The molecule has 3 rings (SSSR count). The van der Waals surface area contributed by atoms with Gasteiger partial charge in [-0.2, -0.15) is 0 Å². The number of rotatable bonds is 5. The Kier molecular flexibility index (Phi) is 6.43. The SMILES string of the molecule is Cc1ccccc1CS(=O)(=O)c1ncc(Cl)c(C(=O)Nc2ccc(Cl)c(Cl)c2)n1. The molecule has 1 N–H and O–H groups in total. The van der Waals surface area contributed by atoms with Crippen LogP contribution in [0.4, 0.5) is 5.69 Å². The van der Waals surface area contributed by atoms with Crippen molar-refractivity contribution in [1.29, 1.82) is 0 Å². The second kappa shape index (κ2) is 8.67. The number of aryl methyl sites for hydroxylation is 1. The van der Waals surface area contributed by atoms with Gasteiger partial charge < -0.3 is 5.32 Å². The zero-order valence-corrected chi connectivity index (χ0v) is 18.1. The van der Waals surface area contributed by atoms with Crippen LogP contribution in [-0.4, -0.2) is 24.3 Å². The Morgan fingerprint density at radius 2 is 1.76 bits per heavy atom. The van der Waals surface area contributed by atoms with Gasteiger partial charge in [0.15, 0.2) is 5.69 Å². The molecule has 0 saturated heterocycles. The van der Waals surface area contributed by atoms with Crippen molar-refractivity contribution in [3.8, 4) is 0 Å². The lowest BCUT2D eigenvalue weighted by Gasteiger charge is -2.09. The number of hydrogen-bond donors (Lipinski definition) is 1. The maximum absolute atomic E-state index is 12.7. The van der Waals surface area contributed by atoms with Gasteiger partial charge in [-0.1, -0.05) is 59.1 Å². The summed E-state index contributed by atoms with van der Waals surface area (Å²) >= 11 is 17.8. The monoisotopic (exact) mass is 469 g/mol. The molecular weight excluding hydrogens is 457 g/mol. The Bertz CT molecular complexity index is 1200. The van der Waals surface area contributed by atoms with Crippen molar-refractivity contribution in [2.45, 2.75) is 17.8 Å². The van der Waals surface area contributed by atoms with Crippen molar-refractivity contribution in [1.82, 2.24) is 9.97 Å². The van der Waals surface area contributed by atoms with Crippen molar-refractivity contribution in [3.05, 3.63) is 80.6 Å². The third-order valence-corrected chi connectivity index (χ3v) is 6.46. The molecule has 0 bridgehead atoms. The fraction of sp³-hybridized carbons (Fsp3) is 0.105. The number of sulfone groups is 1. The lowest BCUT2D eigenvalue weighted by atomic mass is 10.1. The number of nitrogens with zero attached hydrogens (tertiary/aromatic N) is 2. The summed E-state index contributed by atoms with van der Waals surface area (Å²) in [5, 5.41) is 2.56. The minimum Gasteiger partial charge on any atom is -0.321 e. The van der Waals surface area contributed by atoms with E-state index in [1.54, 1.807) is 12.1 Å². The van der Waals surface area contributed by atoms with Gasteiger partial charge >= 0.3 is 0 Å². The van der Waals surface area contributed by atoms with E-state index in [1.807, 2.05) is 19.1 Å². The van der Waals surface area contributed by atoms with Crippen molar-refractivity contribution < 1.29 is 13.2 Å². The Labute approximate surface area is 182 Å². The van der Waals surface area contributed by atoms with Gasteiger partial charge in [0.1, 0.15) is 0 Å². The molecule has 0 saturated carbocycles. The van der Waals surface area contributed by atoms with Gasteiger partial charge in [-0.25, -0.2) is 18.4 Å². The van der Waals surface area contributed by atoms with E-state index in [-0.39, 0.29) is 21.5 Å². The van der Waals surface area contributed by atoms with Crippen LogP contribution in [0.1, 0.15) is 21.6 Å². The van der Waals surface area contributed by atoms with E-state index in [1.165, 1.54) is 18.2 Å². The first-order valence-electron chi connectivity index (χ1n) is 8.23. The first kappa shape index (κ1) is 21.5. The lowest BCUT2D eigenvalue weighted by molar-refractivity contribution is 0.102. The summed E-state index contributed by atoms with van der Waals surface area (Å²) in [6, 6.07) is 11.6. The first-order valence-corrected chi connectivity index (χ1v) is 11.0. The van der Waals surface area contributed by atoms with E-state index in [0.717, 1.165) is 11.8 Å². The van der Waals surface area contributed by atoms with Gasteiger partial charge in [-0.15, -0.1) is 0 Å². The molecule has 0 aliphatic rings. The summed E-state index contributed by atoms with van der Waals surface area (Å²) in [7, 11) is -3.89. The van der Waals surface area contributed by atoms with E-state index in [2.05, 4.69) is 15.3 Å². The molecule has 1 aromatic heterocycles. The molecular formula is C19H14Cl3N3O3S. The fourth-order valence-corrected chi connectivity index (χ4v) is 4.25. The molecule has 10 heteroatoms. The number of aromatic nitrogens is 2. The average Bonchev–Trinajstić information content (AvgIpc) is 2.66. The highest BCUT2D eigenvalue weighted by atomic mass is 35.5. The van der Waals surface area contributed by atoms with Crippen LogP contribution in [0.15, 0.2) is 53.8 Å². The van der Waals surface area contributed by atoms with Crippen LogP contribution in [-0.2, 0) is 15.6 Å². The minimum atomic E-state index is -3.89. The summed E-state index contributed by atoms with van der Waals surface area (Å²) in [5.74, 6) is -1.00. The Hall–Kier alpha value is -2.19. The predicted octanol–water partition coefficient (Wildman–Crippen LogP) is 4.97. The molecule has 0 radical (unpaired) electrons. The average molecular weight is 471 g/mol. The summed E-state index contributed by atoms with van der Waals surface area (Å²) in [4.78, 5) is 20.3. The van der Waals surface area contributed by atoms with E-state index in [4.69, 9.17) is 34.8 Å². The van der Waals surface area contributed by atoms with Crippen LogP contribution in [0, 0.1) is 6.92 Å². The van der Waals surface area contributed by atoms with Gasteiger partial charge in [-0.3, -0.25) is 4.79 Å². The van der Waals surface area contributed by atoms with E-state index < -0.39 is 20.9 Å². The van der Waals surface area contributed by atoms with Crippen molar-refractivity contribution >= 4 is 56.2 Å². The number of halogens is 3. The topological polar surface area (TPSA) is 89.0 Å². The van der Waals surface area contributed by atoms with Gasteiger partial charge in [0.25, 0.3) is 5.91 Å². The molecule has 150 valence electrons. The summed E-state index contributed by atoms with van der Waals surface area (Å²) < 4.78 is 25.5. The molecule has 3 aromatic rings. The zero-order chi connectivity index (χ0) is 21.2. The van der Waals surface area contributed by atoms with Gasteiger partial charge in [0, 0.05) is 5.69 Å². The maximum Gasteiger partial charge on any atom is 0.275 e. The van der Waals surface area contributed by atoms with E-state index in [9.17, 15) is 13.2 Å². The Morgan fingerprint density at radius 1 is 1.03 bits per heavy atom. The van der Waals surface area contributed by atoms with E-state index >= 15 is 0 Å². The quantitative estimate of drug-likeness (QED) is 0.532. The number of anilines is 1. The second-order valence-corrected chi connectivity index (χ2v) is 9.22. The van der Waals surface area contributed by atoms with Gasteiger partial charge in [-0.05, 0) is 36.2 Å². The van der Waals surface area contributed by atoms with Crippen molar-refractivity contribution in [2.24, 2.45) is 0 Å². The molecule has 1 heterocycles. The van der Waals surface area contributed by atoms with Crippen LogP contribution in [0.2, 0.25) is 15.1 Å². The fourth-order valence-electron chi connectivity index (χ4n) is 2.47. The normalized spacial score (nSPS) is 11.3. The number of hydrogen-bond acceptors (Lipinski definition) is 5. The summed E-state index contributed by atoms with van der Waals surface area (Å²) in [6.45, 7) is 1.81. The molecule has 6 nitrogen and oxygen atoms in total. The number of nitrogens with one attached hydrogen (secondary N) is 1. The second-order valence-electron chi connectivity index (χ2n) is 6.12. The molecule has 0 unspecified atom stereocenters. The molecule has 0 atom stereocenters. The van der Waals surface area contributed by atoms with Crippen molar-refractivity contribution in [3.63, 3.8) is 0 Å². The Balaban J connectivity index is 1.89. The standard InChI is InChI=1S/C19H14Cl3N3O3S/c1-11-4-2-3-5-12(11)10-29(27,28)19-23-9-16(22)17(25-19)18(26)24-13-6-7-14(20)15(21)8-13/h2-9H,10H2,1H3,(H,24,26). The molecule has 0 aliphatic carbocycles. The highest BCUT2D eigenvalue weighted by Gasteiger charge is 2.23. The number of amides is 1. The van der Waals surface area contributed by atoms with Crippen LogP contribution in [0.3, 0.4) is 0 Å². The number of carbonyl (C=O) groups is 1. The molecule has 2 aromatic carbocycles.